The number of halogens is 1. The van der Waals surface area contributed by atoms with Gasteiger partial charge in [-0.15, -0.1) is 0 Å². The number of hydrogen-bond acceptors (Lipinski definition) is 4. The highest BCUT2D eigenvalue weighted by molar-refractivity contribution is 7.99. The van der Waals surface area contributed by atoms with Gasteiger partial charge in [0.1, 0.15) is 17.3 Å². The summed E-state index contributed by atoms with van der Waals surface area (Å²) in [5.41, 5.74) is 1.63. The lowest BCUT2D eigenvalue weighted by molar-refractivity contribution is -0.116. The molecule has 0 saturated carbocycles. The molecule has 0 amide bonds. The lowest BCUT2D eigenvalue weighted by Crippen LogP contribution is -2.08. The molecule has 0 aliphatic carbocycles. The largest absolute Gasteiger partial charge is 0.494 e. The average molecular weight is 319 g/mol. The van der Waals surface area contributed by atoms with Gasteiger partial charge in [-0.3, -0.25) is 4.79 Å². The molecule has 0 radical (unpaired) electrons. The van der Waals surface area contributed by atoms with Crippen molar-refractivity contribution in [3.63, 3.8) is 0 Å². The number of benzene rings is 1. The zero-order chi connectivity index (χ0) is 15.9. The second-order valence-corrected chi connectivity index (χ2v) is 5.78. The van der Waals surface area contributed by atoms with Gasteiger partial charge in [-0.25, -0.2) is 9.37 Å². The molecule has 0 fully saturated rings. The lowest BCUT2D eigenvalue weighted by Gasteiger charge is -2.10. The van der Waals surface area contributed by atoms with Crippen LogP contribution in [0.1, 0.15) is 18.1 Å². The van der Waals surface area contributed by atoms with Crippen molar-refractivity contribution in [2.75, 3.05) is 12.4 Å². The summed E-state index contributed by atoms with van der Waals surface area (Å²) in [7, 11) is 0. The van der Waals surface area contributed by atoms with Gasteiger partial charge >= 0.3 is 0 Å². The van der Waals surface area contributed by atoms with Gasteiger partial charge in [0.05, 0.1) is 17.4 Å². The van der Waals surface area contributed by atoms with E-state index >= 15 is 0 Å². The van der Waals surface area contributed by atoms with E-state index in [1.165, 1.54) is 23.9 Å². The summed E-state index contributed by atoms with van der Waals surface area (Å²) in [6, 6.07) is 8.09. The SMILES string of the molecule is CCOc1ccc(F)cc1CC(=O)CSc1ncccc1C. The maximum absolute atomic E-state index is 13.4. The van der Waals surface area contributed by atoms with Crippen LogP contribution in [0.2, 0.25) is 0 Å². The molecule has 2 rings (SSSR count). The minimum atomic E-state index is -0.362. The first-order chi connectivity index (χ1) is 10.6. The fraction of sp³-hybridized carbons (Fsp3) is 0.294. The van der Waals surface area contributed by atoms with Gasteiger partial charge in [0, 0.05) is 18.2 Å². The molecule has 0 aliphatic heterocycles. The number of Topliss-reactive ketones (excluding diaryl/α,β-unsaturated/α-hetero) is 1. The molecular formula is C17H18FNO2S. The van der Waals surface area contributed by atoms with Crippen LogP contribution in [0.3, 0.4) is 0 Å². The summed E-state index contributed by atoms with van der Waals surface area (Å²) in [4.78, 5) is 16.4. The Hall–Kier alpha value is -1.88. The van der Waals surface area contributed by atoms with Gasteiger partial charge in [0.15, 0.2) is 0 Å². The Labute approximate surface area is 133 Å². The quantitative estimate of drug-likeness (QED) is 0.727. The van der Waals surface area contributed by atoms with E-state index < -0.39 is 0 Å². The summed E-state index contributed by atoms with van der Waals surface area (Å²) in [5.74, 6) is 0.525. The molecule has 0 spiro atoms. The minimum absolute atomic E-state index is 0.0154. The molecule has 0 bridgehead atoms. The molecule has 22 heavy (non-hydrogen) atoms. The Bertz CT molecular complexity index is 661. The van der Waals surface area contributed by atoms with Crippen LogP contribution in [0.5, 0.6) is 5.75 Å². The number of ether oxygens (including phenoxy) is 1. The highest BCUT2D eigenvalue weighted by Gasteiger charge is 2.12. The Morgan fingerprint density at radius 1 is 1.36 bits per heavy atom. The summed E-state index contributed by atoms with van der Waals surface area (Å²) in [5, 5.41) is 0.847. The van der Waals surface area contributed by atoms with Crippen molar-refractivity contribution < 1.29 is 13.9 Å². The molecule has 0 unspecified atom stereocenters. The van der Waals surface area contributed by atoms with Crippen molar-refractivity contribution in [3.05, 3.63) is 53.5 Å². The van der Waals surface area contributed by atoms with E-state index in [-0.39, 0.29) is 18.0 Å². The normalized spacial score (nSPS) is 10.5. The number of thioether (sulfide) groups is 1. The zero-order valence-corrected chi connectivity index (χ0v) is 13.5. The van der Waals surface area contributed by atoms with E-state index in [0.29, 0.717) is 23.7 Å². The molecule has 0 atom stereocenters. The molecule has 5 heteroatoms. The summed E-state index contributed by atoms with van der Waals surface area (Å²) < 4.78 is 18.8. The molecule has 0 aliphatic rings. The van der Waals surface area contributed by atoms with E-state index in [4.69, 9.17) is 4.74 Å². The molecule has 3 nitrogen and oxygen atoms in total. The summed E-state index contributed by atoms with van der Waals surface area (Å²) >= 11 is 1.40. The van der Waals surface area contributed by atoms with Crippen molar-refractivity contribution >= 4 is 17.5 Å². The summed E-state index contributed by atoms with van der Waals surface area (Å²) in [6.07, 6.45) is 1.87. The maximum Gasteiger partial charge on any atom is 0.147 e. The first-order valence-corrected chi connectivity index (χ1v) is 8.06. The van der Waals surface area contributed by atoms with E-state index in [1.54, 1.807) is 12.3 Å². The van der Waals surface area contributed by atoms with Crippen LogP contribution in [0.25, 0.3) is 0 Å². The van der Waals surface area contributed by atoms with Crippen LogP contribution < -0.4 is 4.74 Å². The average Bonchev–Trinajstić information content (AvgIpc) is 2.49. The van der Waals surface area contributed by atoms with Gasteiger partial charge in [-0.2, -0.15) is 0 Å². The first-order valence-electron chi connectivity index (χ1n) is 7.07. The number of pyridine rings is 1. The van der Waals surface area contributed by atoms with E-state index in [1.807, 2.05) is 26.0 Å². The van der Waals surface area contributed by atoms with Gasteiger partial charge in [-0.1, -0.05) is 17.8 Å². The first kappa shape index (κ1) is 16.5. The van der Waals surface area contributed by atoms with Crippen molar-refractivity contribution in [1.29, 1.82) is 0 Å². The zero-order valence-electron chi connectivity index (χ0n) is 12.6. The van der Waals surface area contributed by atoms with Crippen LogP contribution in [-0.4, -0.2) is 23.1 Å². The number of aryl methyl sites for hydroxylation is 1. The molecular weight excluding hydrogens is 301 g/mol. The number of carbonyl (C=O) groups excluding carboxylic acids is 1. The van der Waals surface area contributed by atoms with Crippen LogP contribution in [0.15, 0.2) is 41.6 Å². The molecule has 1 aromatic carbocycles. The van der Waals surface area contributed by atoms with Gasteiger partial charge in [-0.05, 0) is 43.7 Å². The predicted molar refractivity (Wildman–Crippen MR) is 86.0 cm³/mol. The number of ketones is 1. The second-order valence-electron chi connectivity index (χ2n) is 4.81. The molecule has 2 aromatic rings. The van der Waals surface area contributed by atoms with Gasteiger partial charge < -0.3 is 4.74 Å². The van der Waals surface area contributed by atoms with E-state index in [2.05, 4.69) is 4.98 Å². The number of nitrogens with zero attached hydrogens (tertiary/aromatic N) is 1. The standard InChI is InChI=1S/C17H18FNO2S/c1-3-21-16-7-6-14(18)9-13(16)10-15(20)11-22-17-12(2)5-4-8-19-17/h4-9H,3,10-11H2,1-2H3. The van der Waals surface area contributed by atoms with Crippen molar-refractivity contribution in [1.82, 2.24) is 4.98 Å². The highest BCUT2D eigenvalue weighted by atomic mass is 32.2. The lowest BCUT2D eigenvalue weighted by atomic mass is 10.1. The van der Waals surface area contributed by atoms with Crippen molar-refractivity contribution in [2.24, 2.45) is 0 Å². The van der Waals surface area contributed by atoms with Crippen LogP contribution in [-0.2, 0) is 11.2 Å². The van der Waals surface area contributed by atoms with Gasteiger partial charge in [0.2, 0.25) is 0 Å². The number of aromatic nitrogens is 1. The third-order valence-electron chi connectivity index (χ3n) is 3.04. The molecule has 1 aromatic heterocycles. The molecule has 1 heterocycles. The van der Waals surface area contributed by atoms with Crippen LogP contribution in [0.4, 0.5) is 4.39 Å². The highest BCUT2D eigenvalue weighted by Crippen LogP contribution is 2.23. The number of carbonyl (C=O) groups is 1. The van der Waals surface area contributed by atoms with Crippen LogP contribution in [0, 0.1) is 12.7 Å². The van der Waals surface area contributed by atoms with Crippen molar-refractivity contribution in [3.8, 4) is 5.75 Å². The van der Waals surface area contributed by atoms with E-state index in [9.17, 15) is 9.18 Å². The topological polar surface area (TPSA) is 39.2 Å². The molecule has 0 saturated heterocycles. The Morgan fingerprint density at radius 2 is 2.18 bits per heavy atom. The Kier molecular flexibility index (Phi) is 5.95. The van der Waals surface area contributed by atoms with E-state index in [0.717, 1.165) is 10.6 Å². The second kappa shape index (κ2) is 7.94. The fourth-order valence-electron chi connectivity index (χ4n) is 2.02. The fourth-order valence-corrected chi connectivity index (χ4v) is 2.85. The number of hydrogen-bond donors (Lipinski definition) is 0. The monoisotopic (exact) mass is 319 g/mol. The number of rotatable bonds is 7. The Balaban J connectivity index is 2.00. The Morgan fingerprint density at radius 3 is 2.91 bits per heavy atom. The van der Waals surface area contributed by atoms with Crippen molar-refractivity contribution in [2.45, 2.75) is 25.3 Å². The maximum atomic E-state index is 13.4. The molecule has 116 valence electrons. The third-order valence-corrected chi connectivity index (χ3v) is 4.21. The minimum Gasteiger partial charge on any atom is -0.494 e. The molecule has 0 N–H and O–H groups in total. The van der Waals surface area contributed by atoms with Gasteiger partial charge in [0.25, 0.3) is 0 Å². The smallest absolute Gasteiger partial charge is 0.147 e. The predicted octanol–water partition coefficient (Wildman–Crippen LogP) is 3.83. The summed E-state index contributed by atoms with van der Waals surface area (Å²) in [6.45, 7) is 4.29. The van der Waals surface area contributed by atoms with Crippen LogP contribution >= 0.6 is 11.8 Å². The third kappa shape index (κ3) is 4.56.